The Morgan fingerprint density at radius 2 is 1.59 bits per heavy atom. The zero-order valence-electron chi connectivity index (χ0n) is 14.2. The average molecular weight is 330 g/mol. The molecule has 6 heteroatoms. The predicted molar refractivity (Wildman–Crippen MR) is 88.5 cm³/mol. The standard InChI is InChI=1S/C16H30N2O3S/c1-15(2)10-13(11-16(3,4)18-15)17-14(19)9-12-5-7-22(20,21)8-6-12/h12-13,18H,5-11H2,1-4H3,(H,17,19). The fourth-order valence-electron chi connectivity index (χ4n) is 4.12. The third-order valence-electron chi connectivity index (χ3n) is 4.70. The maximum atomic E-state index is 12.3. The van der Waals surface area contributed by atoms with E-state index >= 15 is 0 Å². The van der Waals surface area contributed by atoms with Gasteiger partial charge in [0, 0.05) is 23.5 Å². The van der Waals surface area contributed by atoms with Gasteiger partial charge in [-0.2, -0.15) is 0 Å². The van der Waals surface area contributed by atoms with Gasteiger partial charge in [0.15, 0.2) is 0 Å². The molecule has 0 radical (unpaired) electrons. The summed E-state index contributed by atoms with van der Waals surface area (Å²) in [6.45, 7) is 8.66. The molecule has 2 heterocycles. The minimum atomic E-state index is -2.85. The molecular formula is C16H30N2O3S. The SMILES string of the molecule is CC1(C)CC(NC(=O)CC2CCS(=O)(=O)CC2)CC(C)(C)N1. The van der Waals surface area contributed by atoms with E-state index in [1.54, 1.807) is 0 Å². The van der Waals surface area contributed by atoms with Crippen molar-refractivity contribution in [2.45, 2.75) is 76.9 Å². The third kappa shape index (κ3) is 5.23. The molecule has 2 fully saturated rings. The molecular weight excluding hydrogens is 300 g/mol. The molecule has 2 aliphatic heterocycles. The monoisotopic (exact) mass is 330 g/mol. The number of carbonyl (C=O) groups excluding carboxylic acids is 1. The van der Waals surface area contributed by atoms with E-state index in [1.807, 2.05) is 0 Å². The zero-order valence-corrected chi connectivity index (χ0v) is 15.1. The van der Waals surface area contributed by atoms with Crippen LogP contribution in [0.5, 0.6) is 0 Å². The van der Waals surface area contributed by atoms with Crippen molar-refractivity contribution in [1.29, 1.82) is 0 Å². The van der Waals surface area contributed by atoms with Crippen molar-refractivity contribution in [1.82, 2.24) is 10.6 Å². The lowest BCUT2D eigenvalue weighted by atomic mass is 9.79. The van der Waals surface area contributed by atoms with Crippen LogP contribution in [0.15, 0.2) is 0 Å². The topological polar surface area (TPSA) is 75.3 Å². The molecule has 22 heavy (non-hydrogen) atoms. The molecule has 0 saturated carbocycles. The molecule has 0 aliphatic carbocycles. The van der Waals surface area contributed by atoms with Gasteiger partial charge in [-0.25, -0.2) is 8.42 Å². The summed E-state index contributed by atoms with van der Waals surface area (Å²) < 4.78 is 22.9. The van der Waals surface area contributed by atoms with E-state index in [-0.39, 0.29) is 40.5 Å². The summed E-state index contributed by atoms with van der Waals surface area (Å²) in [6.07, 6.45) is 3.54. The van der Waals surface area contributed by atoms with Crippen LogP contribution in [-0.4, -0.2) is 43.0 Å². The highest BCUT2D eigenvalue weighted by molar-refractivity contribution is 7.91. The number of rotatable bonds is 3. The van der Waals surface area contributed by atoms with Gasteiger partial charge < -0.3 is 10.6 Å². The summed E-state index contributed by atoms with van der Waals surface area (Å²) in [6, 6.07) is 0.186. The largest absolute Gasteiger partial charge is 0.353 e. The van der Waals surface area contributed by atoms with Gasteiger partial charge in [-0.05, 0) is 59.3 Å². The highest BCUT2D eigenvalue weighted by Gasteiger charge is 2.38. The van der Waals surface area contributed by atoms with Crippen LogP contribution in [0.4, 0.5) is 0 Å². The van der Waals surface area contributed by atoms with Crippen molar-refractivity contribution in [3.63, 3.8) is 0 Å². The second-order valence-electron chi connectivity index (χ2n) is 8.36. The van der Waals surface area contributed by atoms with Crippen LogP contribution in [-0.2, 0) is 14.6 Å². The Morgan fingerprint density at radius 3 is 2.09 bits per heavy atom. The van der Waals surface area contributed by atoms with Gasteiger partial charge in [0.1, 0.15) is 9.84 Å². The Labute approximate surface area is 134 Å². The van der Waals surface area contributed by atoms with E-state index in [2.05, 4.69) is 38.3 Å². The Balaban J connectivity index is 1.84. The van der Waals surface area contributed by atoms with Crippen LogP contribution in [0.2, 0.25) is 0 Å². The second kappa shape index (κ2) is 6.11. The summed E-state index contributed by atoms with van der Waals surface area (Å²) in [5.41, 5.74) is 0.0250. The van der Waals surface area contributed by atoms with E-state index in [0.29, 0.717) is 19.3 Å². The van der Waals surface area contributed by atoms with Crippen LogP contribution in [0, 0.1) is 5.92 Å². The third-order valence-corrected chi connectivity index (χ3v) is 6.42. The zero-order chi connectivity index (χ0) is 16.6. The Hall–Kier alpha value is -0.620. The lowest BCUT2D eigenvalue weighted by Crippen LogP contribution is -2.62. The van der Waals surface area contributed by atoms with E-state index in [0.717, 1.165) is 12.8 Å². The van der Waals surface area contributed by atoms with Crippen molar-refractivity contribution < 1.29 is 13.2 Å². The molecule has 1 amide bonds. The molecule has 2 aliphatic rings. The molecule has 0 unspecified atom stereocenters. The van der Waals surface area contributed by atoms with Crippen LogP contribution in [0.1, 0.15) is 59.8 Å². The van der Waals surface area contributed by atoms with Crippen LogP contribution in [0.3, 0.4) is 0 Å². The molecule has 2 saturated heterocycles. The van der Waals surface area contributed by atoms with Gasteiger partial charge in [-0.15, -0.1) is 0 Å². The van der Waals surface area contributed by atoms with Gasteiger partial charge in [0.2, 0.25) is 5.91 Å². The molecule has 0 aromatic heterocycles. The van der Waals surface area contributed by atoms with Gasteiger partial charge in [0.25, 0.3) is 0 Å². The molecule has 0 bridgehead atoms. The van der Waals surface area contributed by atoms with Gasteiger partial charge in [0.05, 0.1) is 11.5 Å². The molecule has 2 rings (SSSR count). The molecule has 0 aromatic carbocycles. The first-order valence-corrected chi connectivity index (χ1v) is 10.1. The maximum Gasteiger partial charge on any atom is 0.220 e. The molecule has 128 valence electrons. The summed E-state index contributed by atoms with van der Waals surface area (Å²) in [7, 11) is -2.85. The van der Waals surface area contributed by atoms with E-state index in [4.69, 9.17) is 0 Å². The van der Waals surface area contributed by atoms with Crippen LogP contribution < -0.4 is 10.6 Å². The Bertz CT molecular complexity index is 496. The number of piperidine rings is 1. The molecule has 0 atom stereocenters. The molecule has 5 nitrogen and oxygen atoms in total. The fraction of sp³-hybridized carbons (Fsp3) is 0.938. The summed E-state index contributed by atoms with van der Waals surface area (Å²) in [4.78, 5) is 12.3. The van der Waals surface area contributed by atoms with Gasteiger partial charge >= 0.3 is 0 Å². The lowest BCUT2D eigenvalue weighted by Gasteiger charge is -2.46. The van der Waals surface area contributed by atoms with Gasteiger partial charge in [-0.1, -0.05) is 0 Å². The first-order valence-electron chi connectivity index (χ1n) is 8.26. The first kappa shape index (κ1) is 17.7. The minimum absolute atomic E-state index is 0.0125. The number of carbonyl (C=O) groups is 1. The fourth-order valence-corrected chi connectivity index (χ4v) is 5.71. The number of hydrogen-bond donors (Lipinski definition) is 2. The second-order valence-corrected chi connectivity index (χ2v) is 10.7. The summed E-state index contributed by atoms with van der Waals surface area (Å²) in [5.74, 6) is 0.755. The molecule has 0 spiro atoms. The lowest BCUT2D eigenvalue weighted by molar-refractivity contribution is -0.123. The van der Waals surface area contributed by atoms with Gasteiger partial charge in [-0.3, -0.25) is 4.79 Å². The summed E-state index contributed by atoms with van der Waals surface area (Å²) >= 11 is 0. The van der Waals surface area contributed by atoms with Crippen LogP contribution in [0.25, 0.3) is 0 Å². The molecule has 2 N–H and O–H groups in total. The van der Waals surface area contributed by atoms with E-state index in [1.165, 1.54) is 0 Å². The maximum absolute atomic E-state index is 12.3. The van der Waals surface area contributed by atoms with Crippen molar-refractivity contribution in [2.24, 2.45) is 5.92 Å². The molecule has 0 aromatic rings. The quantitative estimate of drug-likeness (QED) is 0.825. The number of amides is 1. The van der Waals surface area contributed by atoms with E-state index < -0.39 is 9.84 Å². The predicted octanol–water partition coefficient (Wildman–Crippen LogP) is 1.63. The van der Waals surface area contributed by atoms with Crippen molar-refractivity contribution in [2.75, 3.05) is 11.5 Å². The normalized spacial score (nSPS) is 28.2. The van der Waals surface area contributed by atoms with Crippen molar-refractivity contribution >= 4 is 15.7 Å². The number of nitrogens with one attached hydrogen (secondary N) is 2. The minimum Gasteiger partial charge on any atom is -0.353 e. The Kier molecular flexibility index (Phi) is 4.93. The smallest absolute Gasteiger partial charge is 0.220 e. The Morgan fingerprint density at radius 1 is 1.09 bits per heavy atom. The van der Waals surface area contributed by atoms with Crippen LogP contribution >= 0.6 is 0 Å². The van der Waals surface area contributed by atoms with E-state index in [9.17, 15) is 13.2 Å². The number of hydrogen-bond acceptors (Lipinski definition) is 4. The highest BCUT2D eigenvalue weighted by Crippen LogP contribution is 2.29. The van der Waals surface area contributed by atoms with Crippen molar-refractivity contribution in [3.05, 3.63) is 0 Å². The highest BCUT2D eigenvalue weighted by atomic mass is 32.2. The summed E-state index contributed by atoms with van der Waals surface area (Å²) in [5, 5.41) is 6.78. The first-order chi connectivity index (χ1) is 9.96. The van der Waals surface area contributed by atoms with Crippen molar-refractivity contribution in [3.8, 4) is 0 Å². The average Bonchev–Trinajstić information content (AvgIpc) is 2.27. The number of sulfone groups is 1.